The van der Waals surface area contributed by atoms with Crippen molar-refractivity contribution in [2.45, 2.75) is 6.92 Å². The van der Waals surface area contributed by atoms with Crippen LogP contribution in [0.15, 0.2) is 60.5 Å². The van der Waals surface area contributed by atoms with E-state index < -0.39 is 0 Å². The second kappa shape index (κ2) is 4.05. The van der Waals surface area contributed by atoms with Crippen LogP contribution in [0.5, 0.6) is 5.75 Å². The molecule has 0 bridgehead atoms. The van der Waals surface area contributed by atoms with Crippen molar-refractivity contribution in [2.24, 2.45) is 0 Å². The second-order valence-electron chi connectivity index (χ2n) is 3.21. The van der Waals surface area contributed by atoms with Gasteiger partial charge in [0.1, 0.15) is 0 Å². The van der Waals surface area contributed by atoms with Gasteiger partial charge in [-0.1, -0.05) is 24.8 Å². The topological polar surface area (TPSA) is 21.3 Å². The van der Waals surface area contributed by atoms with Crippen molar-refractivity contribution in [2.75, 3.05) is 5.32 Å². The third-order valence-electron chi connectivity index (χ3n) is 2.16. The maximum absolute atomic E-state index is 5.73. The predicted molar refractivity (Wildman–Crippen MR) is 62.7 cm³/mol. The highest BCUT2D eigenvalue weighted by Gasteiger charge is 2.14. The molecule has 1 aliphatic rings. The third kappa shape index (κ3) is 1.79. The third-order valence-corrected chi connectivity index (χ3v) is 2.16. The molecule has 0 saturated heterocycles. The van der Waals surface area contributed by atoms with Crippen molar-refractivity contribution in [1.29, 1.82) is 0 Å². The minimum absolute atomic E-state index is 0.797. The highest BCUT2D eigenvalue weighted by atomic mass is 16.5. The smallest absolute Gasteiger partial charge is 0.150 e. The molecular formula is C13H13NO. The van der Waals surface area contributed by atoms with E-state index in [-0.39, 0.29) is 0 Å². The molecule has 0 spiro atoms. The molecule has 1 N–H and O–H groups in total. The zero-order valence-corrected chi connectivity index (χ0v) is 8.66. The van der Waals surface area contributed by atoms with E-state index in [2.05, 4.69) is 11.9 Å². The van der Waals surface area contributed by atoms with E-state index in [0.29, 0.717) is 0 Å². The van der Waals surface area contributed by atoms with Gasteiger partial charge in [-0.15, -0.1) is 0 Å². The molecule has 1 heterocycles. The minimum Gasteiger partial charge on any atom is -0.453 e. The van der Waals surface area contributed by atoms with Gasteiger partial charge < -0.3 is 10.1 Å². The van der Waals surface area contributed by atoms with Crippen LogP contribution in [0.2, 0.25) is 0 Å². The maximum Gasteiger partial charge on any atom is 0.150 e. The van der Waals surface area contributed by atoms with Gasteiger partial charge in [-0.3, -0.25) is 0 Å². The summed E-state index contributed by atoms with van der Waals surface area (Å²) in [6.45, 7) is 5.71. The monoisotopic (exact) mass is 199 g/mol. The number of rotatable bonds is 2. The Morgan fingerprint density at radius 1 is 1.33 bits per heavy atom. The summed E-state index contributed by atoms with van der Waals surface area (Å²) >= 11 is 0. The Morgan fingerprint density at radius 3 is 2.87 bits per heavy atom. The number of hydrogen-bond acceptors (Lipinski definition) is 2. The molecule has 15 heavy (non-hydrogen) atoms. The summed E-state index contributed by atoms with van der Waals surface area (Å²) < 4.78 is 5.73. The Kier molecular flexibility index (Phi) is 2.59. The number of ether oxygens (including phenoxy) is 1. The number of benzene rings is 1. The summed E-state index contributed by atoms with van der Waals surface area (Å²) in [4.78, 5) is 0. The largest absolute Gasteiger partial charge is 0.453 e. The lowest BCUT2D eigenvalue weighted by Gasteiger charge is -2.21. The Balaban J connectivity index is 2.41. The fourth-order valence-corrected chi connectivity index (χ4v) is 1.47. The number of para-hydroxylation sites is 2. The first kappa shape index (κ1) is 9.59. The molecule has 0 unspecified atom stereocenters. The van der Waals surface area contributed by atoms with Gasteiger partial charge in [0, 0.05) is 0 Å². The van der Waals surface area contributed by atoms with Crippen LogP contribution in [0.1, 0.15) is 6.92 Å². The molecule has 0 saturated carbocycles. The maximum atomic E-state index is 5.73. The first-order valence-corrected chi connectivity index (χ1v) is 4.88. The molecule has 2 nitrogen and oxygen atoms in total. The number of nitrogens with one attached hydrogen (secondary N) is 1. The lowest BCUT2D eigenvalue weighted by molar-refractivity contribution is 0.435. The first-order valence-electron chi connectivity index (χ1n) is 4.88. The number of hydrogen-bond donors (Lipinski definition) is 1. The van der Waals surface area contributed by atoms with E-state index >= 15 is 0 Å². The standard InChI is InChI=1S/C13H13NO/c1-3-7-12-10(4-2)14-11-8-5-6-9-13(11)15-12/h3-9,14H,2H2,1H3/b7-3-. The van der Waals surface area contributed by atoms with Crippen LogP contribution in [-0.2, 0) is 0 Å². The SMILES string of the molecule is C=CC1=C(/C=C\C)Oc2ccccc2N1. The van der Waals surface area contributed by atoms with Gasteiger partial charge in [-0.25, -0.2) is 0 Å². The highest BCUT2D eigenvalue weighted by Crippen LogP contribution is 2.32. The summed E-state index contributed by atoms with van der Waals surface area (Å²) in [7, 11) is 0. The van der Waals surface area contributed by atoms with Crippen molar-refractivity contribution in [3.8, 4) is 5.75 Å². The van der Waals surface area contributed by atoms with Gasteiger partial charge in [-0.2, -0.15) is 0 Å². The van der Waals surface area contributed by atoms with E-state index in [4.69, 9.17) is 4.74 Å². The van der Waals surface area contributed by atoms with E-state index in [9.17, 15) is 0 Å². The summed E-state index contributed by atoms with van der Waals surface area (Å²) in [5, 5.41) is 3.27. The Hall–Kier alpha value is -1.96. The summed E-state index contributed by atoms with van der Waals surface area (Å²) in [5.41, 5.74) is 1.87. The number of fused-ring (bicyclic) bond motifs is 1. The van der Waals surface area contributed by atoms with Crippen LogP contribution in [-0.4, -0.2) is 0 Å². The molecule has 2 heteroatoms. The van der Waals surface area contributed by atoms with Crippen molar-refractivity contribution < 1.29 is 4.74 Å². The van der Waals surface area contributed by atoms with E-state index in [1.54, 1.807) is 6.08 Å². The lowest BCUT2D eigenvalue weighted by atomic mass is 10.2. The van der Waals surface area contributed by atoms with Crippen molar-refractivity contribution in [3.63, 3.8) is 0 Å². The second-order valence-corrected chi connectivity index (χ2v) is 3.21. The van der Waals surface area contributed by atoms with Gasteiger partial charge in [-0.05, 0) is 31.2 Å². The lowest BCUT2D eigenvalue weighted by Crippen LogP contribution is -2.11. The molecule has 0 radical (unpaired) electrons. The van der Waals surface area contributed by atoms with Crippen LogP contribution in [0.3, 0.4) is 0 Å². The molecule has 1 aromatic carbocycles. The normalized spacial score (nSPS) is 14.5. The minimum atomic E-state index is 0.797. The fourth-order valence-electron chi connectivity index (χ4n) is 1.47. The Bertz CT molecular complexity index is 444. The van der Waals surface area contributed by atoms with E-state index in [1.807, 2.05) is 43.3 Å². The summed E-state index contributed by atoms with van der Waals surface area (Å²) in [6.07, 6.45) is 5.61. The molecule has 76 valence electrons. The summed E-state index contributed by atoms with van der Waals surface area (Å²) in [5.74, 6) is 1.64. The molecule has 1 aromatic rings. The fraction of sp³-hybridized carbons (Fsp3) is 0.0769. The molecule has 0 aliphatic carbocycles. The van der Waals surface area contributed by atoms with Gasteiger partial charge in [0.2, 0.25) is 0 Å². The van der Waals surface area contributed by atoms with Gasteiger partial charge in [0.05, 0.1) is 11.4 Å². The van der Waals surface area contributed by atoms with Crippen LogP contribution >= 0.6 is 0 Å². The van der Waals surface area contributed by atoms with E-state index in [0.717, 1.165) is 22.9 Å². The molecular weight excluding hydrogens is 186 g/mol. The van der Waals surface area contributed by atoms with Crippen molar-refractivity contribution >= 4 is 5.69 Å². The average Bonchev–Trinajstić information content (AvgIpc) is 2.28. The molecule has 0 amide bonds. The van der Waals surface area contributed by atoms with Crippen LogP contribution in [0, 0.1) is 0 Å². The number of anilines is 1. The molecule has 0 aromatic heterocycles. The molecule has 2 rings (SSSR count). The van der Waals surface area contributed by atoms with Crippen LogP contribution in [0.4, 0.5) is 5.69 Å². The van der Waals surface area contributed by atoms with Gasteiger partial charge in [0.25, 0.3) is 0 Å². The van der Waals surface area contributed by atoms with Crippen molar-refractivity contribution in [1.82, 2.24) is 0 Å². The van der Waals surface area contributed by atoms with Crippen LogP contribution < -0.4 is 10.1 Å². The zero-order valence-electron chi connectivity index (χ0n) is 8.66. The van der Waals surface area contributed by atoms with Gasteiger partial charge in [0.15, 0.2) is 11.5 Å². The molecule has 0 atom stereocenters. The quantitative estimate of drug-likeness (QED) is 0.787. The zero-order chi connectivity index (χ0) is 10.7. The Labute approximate surface area is 89.6 Å². The van der Waals surface area contributed by atoms with Crippen molar-refractivity contribution in [3.05, 3.63) is 60.5 Å². The van der Waals surface area contributed by atoms with E-state index in [1.165, 1.54) is 0 Å². The summed E-state index contributed by atoms with van der Waals surface area (Å²) in [6, 6.07) is 7.83. The predicted octanol–water partition coefficient (Wildman–Crippen LogP) is 3.46. The van der Waals surface area contributed by atoms with Crippen LogP contribution in [0.25, 0.3) is 0 Å². The number of allylic oxidation sites excluding steroid dienone is 3. The molecule has 1 aliphatic heterocycles. The van der Waals surface area contributed by atoms with Gasteiger partial charge >= 0.3 is 0 Å². The Morgan fingerprint density at radius 2 is 2.13 bits per heavy atom. The highest BCUT2D eigenvalue weighted by molar-refractivity contribution is 5.64. The first-order chi connectivity index (χ1) is 7.35. The average molecular weight is 199 g/mol. The molecule has 0 fully saturated rings.